The molecule has 0 saturated carbocycles. The summed E-state index contributed by atoms with van der Waals surface area (Å²) in [5.74, 6) is -0.00840. The van der Waals surface area contributed by atoms with Crippen LogP contribution >= 0.6 is 15.9 Å². The molecule has 0 bridgehead atoms. The standard InChI is InChI=1S/C11H8BrF3O4S/c1-6(19-20(16,17)11(13,14)15)10-5-7-4-8(12)2-3-9(7)18-10/h2-6H,1H3. The third kappa shape index (κ3) is 2.99. The van der Waals surface area contributed by atoms with Gasteiger partial charge in [-0.1, -0.05) is 15.9 Å². The SMILES string of the molecule is CC(OS(=O)(=O)C(F)(F)F)c1cc2cc(Br)ccc2o1. The lowest BCUT2D eigenvalue weighted by Gasteiger charge is -2.12. The molecule has 0 aliphatic carbocycles. The van der Waals surface area contributed by atoms with E-state index < -0.39 is 21.7 Å². The van der Waals surface area contributed by atoms with Crippen molar-refractivity contribution >= 4 is 37.0 Å². The van der Waals surface area contributed by atoms with Crippen molar-refractivity contribution < 1.29 is 30.2 Å². The van der Waals surface area contributed by atoms with E-state index in [1.807, 2.05) is 0 Å². The Bertz CT molecular complexity index is 736. The third-order valence-corrected chi connectivity index (χ3v) is 4.05. The molecule has 0 N–H and O–H groups in total. The first-order valence-corrected chi connectivity index (χ1v) is 7.49. The van der Waals surface area contributed by atoms with Crippen molar-refractivity contribution in [3.05, 3.63) is 34.5 Å². The van der Waals surface area contributed by atoms with Crippen molar-refractivity contribution in [1.82, 2.24) is 0 Å². The summed E-state index contributed by atoms with van der Waals surface area (Å²) in [5.41, 5.74) is -5.04. The Labute approximate surface area is 120 Å². The average molecular weight is 373 g/mol. The van der Waals surface area contributed by atoms with Crippen LogP contribution in [0.1, 0.15) is 18.8 Å². The van der Waals surface area contributed by atoms with Gasteiger partial charge < -0.3 is 4.42 Å². The van der Waals surface area contributed by atoms with E-state index in [4.69, 9.17) is 4.42 Å². The van der Waals surface area contributed by atoms with Gasteiger partial charge in [-0.3, -0.25) is 4.18 Å². The lowest BCUT2D eigenvalue weighted by atomic mass is 10.2. The van der Waals surface area contributed by atoms with Crippen LogP contribution < -0.4 is 0 Å². The van der Waals surface area contributed by atoms with Gasteiger partial charge in [0.05, 0.1) is 0 Å². The maximum atomic E-state index is 12.2. The summed E-state index contributed by atoms with van der Waals surface area (Å²) in [4.78, 5) is 0. The zero-order chi connectivity index (χ0) is 15.1. The highest BCUT2D eigenvalue weighted by Gasteiger charge is 2.48. The van der Waals surface area contributed by atoms with Gasteiger partial charge in [0.15, 0.2) is 0 Å². The number of fused-ring (bicyclic) bond motifs is 1. The summed E-state index contributed by atoms with van der Waals surface area (Å²) < 4.78 is 68.6. The number of benzene rings is 1. The summed E-state index contributed by atoms with van der Waals surface area (Å²) in [7, 11) is -5.66. The zero-order valence-corrected chi connectivity index (χ0v) is 12.3. The second-order valence-corrected chi connectivity index (χ2v) is 6.45. The molecule has 1 atom stereocenters. The summed E-state index contributed by atoms with van der Waals surface area (Å²) in [6.45, 7) is 1.16. The van der Waals surface area contributed by atoms with Gasteiger partial charge in [-0.25, -0.2) is 0 Å². The zero-order valence-electron chi connectivity index (χ0n) is 9.94. The minimum absolute atomic E-state index is 0.00840. The van der Waals surface area contributed by atoms with Crippen LogP contribution in [0, 0.1) is 0 Å². The van der Waals surface area contributed by atoms with E-state index in [-0.39, 0.29) is 5.76 Å². The molecule has 0 aliphatic heterocycles. The van der Waals surface area contributed by atoms with E-state index in [9.17, 15) is 21.6 Å². The Balaban J connectivity index is 2.30. The fourth-order valence-electron chi connectivity index (χ4n) is 1.53. The van der Waals surface area contributed by atoms with Crippen molar-refractivity contribution in [1.29, 1.82) is 0 Å². The summed E-state index contributed by atoms with van der Waals surface area (Å²) >= 11 is 3.24. The van der Waals surface area contributed by atoms with Crippen molar-refractivity contribution in [2.45, 2.75) is 18.5 Å². The van der Waals surface area contributed by atoms with Crippen molar-refractivity contribution in [3.8, 4) is 0 Å². The van der Waals surface area contributed by atoms with Crippen molar-refractivity contribution in [2.24, 2.45) is 0 Å². The number of furan rings is 1. The van der Waals surface area contributed by atoms with Gasteiger partial charge in [0.1, 0.15) is 17.4 Å². The second kappa shape index (κ2) is 5.05. The number of rotatable bonds is 3. The van der Waals surface area contributed by atoms with Gasteiger partial charge in [-0.05, 0) is 31.2 Å². The molecule has 1 heterocycles. The monoisotopic (exact) mass is 372 g/mol. The molecule has 9 heteroatoms. The molecule has 0 amide bonds. The molecule has 0 aliphatic rings. The predicted octanol–water partition coefficient (Wildman–Crippen LogP) is 4.12. The van der Waals surface area contributed by atoms with Gasteiger partial charge >= 0.3 is 15.6 Å². The molecule has 0 fully saturated rings. The lowest BCUT2D eigenvalue weighted by molar-refractivity contribution is -0.0574. The number of hydrogen-bond acceptors (Lipinski definition) is 4. The van der Waals surface area contributed by atoms with Gasteiger partial charge in [0.25, 0.3) is 0 Å². The first-order valence-electron chi connectivity index (χ1n) is 5.29. The summed E-state index contributed by atoms with van der Waals surface area (Å²) in [6.07, 6.45) is -1.38. The van der Waals surface area contributed by atoms with Gasteiger partial charge in [-0.2, -0.15) is 21.6 Å². The van der Waals surface area contributed by atoms with Crippen LogP contribution in [0.25, 0.3) is 11.0 Å². The van der Waals surface area contributed by atoms with Crippen LogP contribution in [0.5, 0.6) is 0 Å². The molecule has 1 aromatic carbocycles. The fourth-order valence-corrected chi connectivity index (χ4v) is 2.49. The van der Waals surface area contributed by atoms with Gasteiger partial charge in [0.2, 0.25) is 0 Å². The highest BCUT2D eigenvalue weighted by molar-refractivity contribution is 9.10. The quantitative estimate of drug-likeness (QED) is 0.600. The molecular formula is C11H8BrF3O4S. The Hall–Kier alpha value is -1.06. The molecule has 0 saturated heterocycles. The number of hydrogen-bond donors (Lipinski definition) is 0. The maximum Gasteiger partial charge on any atom is 0.523 e. The van der Waals surface area contributed by atoms with E-state index in [0.717, 1.165) is 11.4 Å². The molecular weight excluding hydrogens is 365 g/mol. The van der Waals surface area contributed by atoms with Crippen LogP contribution in [0.3, 0.4) is 0 Å². The lowest BCUT2D eigenvalue weighted by Crippen LogP contribution is -2.26. The van der Waals surface area contributed by atoms with Crippen LogP contribution in [0.4, 0.5) is 13.2 Å². The van der Waals surface area contributed by atoms with Crippen LogP contribution in [-0.4, -0.2) is 13.9 Å². The van der Waals surface area contributed by atoms with E-state index in [0.29, 0.717) is 11.0 Å². The van der Waals surface area contributed by atoms with Crippen molar-refractivity contribution in [3.63, 3.8) is 0 Å². The molecule has 4 nitrogen and oxygen atoms in total. The van der Waals surface area contributed by atoms with E-state index in [1.165, 1.54) is 6.07 Å². The van der Waals surface area contributed by atoms with E-state index in [2.05, 4.69) is 20.1 Å². The van der Waals surface area contributed by atoms with Gasteiger partial charge in [0, 0.05) is 9.86 Å². The van der Waals surface area contributed by atoms with Crippen molar-refractivity contribution in [2.75, 3.05) is 0 Å². The Morgan fingerprint density at radius 2 is 1.95 bits per heavy atom. The maximum absolute atomic E-state index is 12.2. The topological polar surface area (TPSA) is 56.5 Å². The predicted molar refractivity (Wildman–Crippen MR) is 68.4 cm³/mol. The van der Waals surface area contributed by atoms with Crippen LogP contribution in [-0.2, 0) is 14.3 Å². The molecule has 0 radical (unpaired) electrons. The largest absolute Gasteiger partial charge is 0.523 e. The van der Waals surface area contributed by atoms with E-state index >= 15 is 0 Å². The Morgan fingerprint density at radius 3 is 2.55 bits per heavy atom. The number of halogens is 4. The molecule has 110 valence electrons. The van der Waals surface area contributed by atoms with Gasteiger partial charge in [-0.15, -0.1) is 0 Å². The molecule has 2 rings (SSSR count). The number of alkyl halides is 3. The molecule has 1 unspecified atom stereocenters. The van der Waals surface area contributed by atoms with Crippen LogP contribution in [0.15, 0.2) is 33.2 Å². The normalized spacial score (nSPS) is 14.7. The minimum Gasteiger partial charge on any atom is -0.458 e. The highest BCUT2D eigenvalue weighted by atomic mass is 79.9. The first-order chi connectivity index (χ1) is 9.10. The Morgan fingerprint density at radius 1 is 1.30 bits per heavy atom. The fraction of sp³-hybridized carbons (Fsp3) is 0.273. The smallest absolute Gasteiger partial charge is 0.458 e. The third-order valence-electron chi connectivity index (χ3n) is 2.45. The highest BCUT2D eigenvalue weighted by Crippen LogP contribution is 2.32. The molecule has 1 aromatic heterocycles. The average Bonchev–Trinajstić information content (AvgIpc) is 2.69. The molecule has 0 spiro atoms. The summed E-state index contributed by atoms with van der Waals surface area (Å²) in [5, 5.41) is 0.620. The Kier molecular flexibility index (Phi) is 3.87. The second-order valence-electron chi connectivity index (χ2n) is 3.97. The summed E-state index contributed by atoms with van der Waals surface area (Å²) in [6, 6.07) is 6.41. The van der Waals surface area contributed by atoms with Crippen LogP contribution in [0.2, 0.25) is 0 Å². The molecule has 2 aromatic rings. The molecule has 20 heavy (non-hydrogen) atoms. The van der Waals surface area contributed by atoms with E-state index in [1.54, 1.807) is 18.2 Å². The minimum atomic E-state index is -5.66. The first kappa shape index (κ1) is 15.3.